The van der Waals surface area contributed by atoms with Crippen LogP contribution in [-0.4, -0.2) is 36.4 Å². The van der Waals surface area contributed by atoms with Gasteiger partial charge in [0.25, 0.3) is 0 Å². The van der Waals surface area contributed by atoms with E-state index in [1.54, 1.807) is 7.11 Å². The molecule has 19 heavy (non-hydrogen) atoms. The molecule has 0 radical (unpaired) electrons. The number of aromatic nitrogens is 2. The Morgan fingerprint density at radius 2 is 2.16 bits per heavy atom. The Balaban J connectivity index is 1.72. The van der Waals surface area contributed by atoms with Gasteiger partial charge in [-0.15, -0.1) is 0 Å². The third-order valence-electron chi connectivity index (χ3n) is 3.39. The molecule has 3 N–H and O–H groups in total. The topological polar surface area (TPSA) is 62.0 Å². The van der Waals surface area contributed by atoms with Crippen molar-refractivity contribution < 1.29 is 4.74 Å². The summed E-state index contributed by atoms with van der Waals surface area (Å²) >= 11 is 0. The molecule has 3 rings (SSSR count). The summed E-state index contributed by atoms with van der Waals surface area (Å²) in [7, 11) is 1.67. The van der Waals surface area contributed by atoms with Crippen molar-refractivity contribution in [3.8, 4) is 17.0 Å². The number of H-pyrrole nitrogens is 1. The van der Waals surface area contributed by atoms with Crippen LogP contribution in [0.15, 0.2) is 30.3 Å². The summed E-state index contributed by atoms with van der Waals surface area (Å²) in [6, 6.07) is 10.5. The minimum atomic E-state index is 0.479. The van der Waals surface area contributed by atoms with Gasteiger partial charge in [0, 0.05) is 18.7 Å². The van der Waals surface area contributed by atoms with Gasteiger partial charge in [-0.3, -0.25) is 5.10 Å². The maximum atomic E-state index is 5.15. The van der Waals surface area contributed by atoms with Crippen LogP contribution in [0.25, 0.3) is 11.3 Å². The molecule has 0 amide bonds. The number of methoxy groups -OCH3 is 1. The summed E-state index contributed by atoms with van der Waals surface area (Å²) in [4.78, 5) is 0. The van der Waals surface area contributed by atoms with Crippen LogP contribution in [0.3, 0.4) is 0 Å². The first kappa shape index (κ1) is 12.0. The predicted molar refractivity (Wildman–Crippen MR) is 75.5 cm³/mol. The standard InChI is InChI=1S/C14H18N4O/c1-19-12-4-2-10(3-5-12)13-8-14(18-17-13)16-11-6-7-15-9-11/h2-5,8,11,15H,6-7,9H2,1H3,(H2,16,17,18). The Kier molecular flexibility index (Phi) is 3.37. The fourth-order valence-electron chi connectivity index (χ4n) is 2.30. The first-order chi connectivity index (χ1) is 9.35. The Bertz CT molecular complexity index is 529. The van der Waals surface area contributed by atoms with Gasteiger partial charge in [0.2, 0.25) is 0 Å². The average molecular weight is 258 g/mol. The smallest absolute Gasteiger partial charge is 0.148 e. The molecule has 1 aliphatic heterocycles. The highest BCUT2D eigenvalue weighted by atomic mass is 16.5. The van der Waals surface area contributed by atoms with E-state index in [2.05, 4.69) is 20.8 Å². The normalized spacial score (nSPS) is 18.5. The molecule has 2 heterocycles. The number of hydrogen-bond donors (Lipinski definition) is 3. The number of hydrogen-bond acceptors (Lipinski definition) is 4. The zero-order valence-electron chi connectivity index (χ0n) is 10.9. The molecule has 5 heteroatoms. The van der Waals surface area contributed by atoms with Crippen LogP contribution >= 0.6 is 0 Å². The number of aromatic amines is 1. The summed E-state index contributed by atoms with van der Waals surface area (Å²) < 4.78 is 5.15. The second-order valence-corrected chi connectivity index (χ2v) is 4.73. The van der Waals surface area contributed by atoms with E-state index >= 15 is 0 Å². The molecule has 0 spiro atoms. The van der Waals surface area contributed by atoms with Gasteiger partial charge in [-0.2, -0.15) is 5.10 Å². The highest BCUT2D eigenvalue weighted by Gasteiger charge is 2.15. The molecule has 1 unspecified atom stereocenters. The summed E-state index contributed by atoms with van der Waals surface area (Å²) in [6.07, 6.45) is 1.14. The van der Waals surface area contributed by atoms with Crippen molar-refractivity contribution in [3.63, 3.8) is 0 Å². The molecule has 2 aromatic rings. The molecule has 1 aromatic carbocycles. The minimum absolute atomic E-state index is 0.479. The predicted octanol–water partition coefficient (Wildman–Crippen LogP) is 1.86. The van der Waals surface area contributed by atoms with Crippen molar-refractivity contribution in [2.24, 2.45) is 0 Å². The first-order valence-corrected chi connectivity index (χ1v) is 6.52. The highest BCUT2D eigenvalue weighted by molar-refractivity contribution is 5.63. The lowest BCUT2D eigenvalue weighted by Crippen LogP contribution is -2.22. The number of rotatable bonds is 4. The third-order valence-corrected chi connectivity index (χ3v) is 3.39. The van der Waals surface area contributed by atoms with Crippen molar-refractivity contribution >= 4 is 5.82 Å². The van der Waals surface area contributed by atoms with E-state index < -0.39 is 0 Å². The van der Waals surface area contributed by atoms with Crippen molar-refractivity contribution in [1.29, 1.82) is 0 Å². The molecular weight excluding hydrogens is 240 g/mol. The van der Waals surface area contributed by atoms with Gasteiger partial charge in [0.05, 0.1) is 12.8 Å². The maximum Gasteiger partial charge on any atom is 0.148 e. The molecule has 1 atom stereocenters. The van der Waals surface area contributed by atoms with E-state index in [1.807, 2.05) is 30.3 Å². The zero-order valence-corrected chi connectivity index (χ0v) is 10.9. The van der Waals surface area contributed by atoms with Crippen molar-refractivity contribution in [1.82, 2.24) is 15.5 Å². The minimum Gasteiger partial charge on any atom is -0.497 e. The van der Waals surface area contributed by atoms with E-state index in [-0.39, 0.29) is 0 Å². The van der Waals surface area contributed by atoms with Gasteiger partial charge in [-0.1, -0.05) is 0 Å². The Labute approximate surface area is 112 Å². The molecule has 0 aliphatic carbocycles. The van der Waals surface area contributed by atoms with Crippen LogP contribution in [0, 0.1) is 0 Å². The lowest BCUT2D eigenvalue weighted by molar-refractivity contribution is 0.415. The molecule has 5 nitrogen and oxygen atoms in total. The van der Waals surface area contributed by atoms with Gasteiger partial charge in [0.15, 0.2) is 0 Å². The third kappa shape index (κ3) is 2.71. The summed E-state index contributed by atoms with van der Waals surface area (Å²) in [5, 5.41) is 14.1. The number of nitrogens with one attached hydrogen (secondary N) is 3. The summed E-state index contributed by atoms with van der Waals surface area (Å²) in [6.45, 7) is 2.08. The van der Waals surface area contributed by atoms with E-state index in [0.29, 0.717) is 6.04 Å². The molecule has 100 valence electrons. The van der Waals surface area contributed by atoms with Gasteiger partial charge in [-0.05, 0) is 42.8 Å². The number of ether oxygens (including phenoxy) is 1. The van der Waals surface area contributed by atoms with Crippen molar-refractivity contribution in [2.45, 2.75) is 12.5 Å². The van der Waals surface area contributed by atoms with E-state index in [4.69, 9.17) is 4.74 Å². The second-order valence-electron chi connectivity index (χ2n) is 4.73. The quantitative estimate of drug-likeness (QED) is 0.783. The van der Waals surface area contributed by atoms with Crippen molar-refractivity contribution in [3.05, 3.63) is 30.3 Å². The molecule has 1 aliphatic rings. The van der Waals surface area contributed by atoms with Crippen LogP contribution in [-0.2, 0) is 0 Å². The number of nitrogens with zero attached hydrogens (tertiary/aromatic N) is 1. The number of anilines is 1. The lowest BCUT2D eigenvalue weighted by Gasteiger charge is -2.08. The SMILES string of the molecule is COc1ccc(-c2cc(NC3CCNC3)n[nH]2)cc1. The Morgan fingerprint density at radius 3 is 2.84 bits per heavy atom. The zero-order chi connectivity index (χ0) is 13.1. The molecule has 1 aromatic heterocycles. The van der Waals surface area contributed by atoms with E-state index in [9.17, 15) is 0 Å². The maximum absolute atomic E-state index is 5.15. The lowest BCUT2D eigenvalue weighted by atomic mass is 10.1. The van der Waals surface area contributed by atoms with E-state index in [0.717, 1.165) is 42.3 Å². The van der Waals surface area contributed by atoms with Crippen LogP contribution in [0.1, 0.15) is 6.42 Å². The van der Waals surface area contributed by atoms with Gasteiger partial charge < -0.3 is 15.4 Å². The molecule has 1 saturated heterocycles. The first-order valence-electron chi connectivity index (χ1n) is 6.52. The highest BCUT2D eigenvalue weighted by Crippen LogP contribution is 2.23. The fourth-order valence-corrected chi connectivity index (χ4v) is 2.30. The molecular formula is C14H18N4O. The van der Waals surface area contributed by atoms with E-state index in [1.165, 1.54) is 0 Å². The second kappa shape index (κ2) is 5.32. The molecule has 0 bridgehead atoms. The summed E-state index contributed by atoms with van der Waals surface area (Å²) in [5.41, 5.74) is 2.11. The fraction of sp³-hybridized carbons (Fsp3) is 0.357. The Hall–Kier alpha value is -2.01. The number of benzene rings is 1. The van der Waals surface area contributed by atoms with Crippen LogP contribution < -0.4 is 15.4 Å². The average Bonchev–Trinajstić information content (AvgIpc) is 3.11. The van der Waals surface area contributed by atoms with Crippen molar-refractivity contribution in [2.75, 3.05) is 25.5 Å². The summed E-state index contributed by atoms with van der Waals surface area (Å²) in [5.74, 6) is 1.76. The monoisotopic (exact) mass is 258 g/mol. The van der Waals surface area contributed by atoms with Crippen LogP contribution in [0.4, 0.5) is 5.82 Å². The van der Waals surface area contributed by atoms with Gasteiger partial charge in [-0.25, -0.2) is 0 Å². The Morgan fingerprint density at radius 1 is 1.32 bits per heavy atom. The largest absolute Gasteiger partial charge is 0.497 e. The van der Waals surface area contributed by atoms with Gasteiger partial charge >= 0.3 is 0 Å². The van der Waals surface area contributed by atoms with Gasteiger partial charge in [0.1, 0.15) is 11.6 Å². The van der Waals surface area contributed by atoms with Crippen LogP contribution in [0.5, 0.6) is 5.75 Å². The van der Waals surface area contributed by atoms with Crippen LogP contribution in [0.2, 0.25) is 0 Å². The molecule has 0 saturated carbocycles. The molecule has 1 fully saturated rings.